The average molecular weight is 507 g/mol. The zero-order valence-corrected chi connectivity index (χ0v) is 21.6. The molecule has 0 radical (unpaired) electrons. The number of hydrogen-bond acceptors (Lipinski definition) is 5. The molecule has 0 amide bonds. The van der Waals surface area contributed by atoms with Gasteiger partial charge in [-0.1, -0.05) is 68.5 Å². The first kappa shape index (κ1) is 28.2. The lowest BCUT2D eigenvalue weighted by atomic mass is 9.83. The molecule has 5 nitrogen and oxygen atoms in total. The van der Waals surface area contributed by atoms with Gasteiger partial charge in [-0.3, -0.25) is 4.79 Å². The molecule has 1 aromatic rings. The lowest BCUT2D eigenvalue weighted by molar-refractivity contribution is -0.144. The van der Waals surface area contributed by atoms with Gasteiger partial charge in [-0.15, -0.1) is 11.6 Å². The van der Waals surface area contributed by atoms with E-state index >= 15 is 0 Å². The molecule has 1 aromatic carbocycles. The third kappa shape index (κ3) is 8.89. The molecule has 0 aromatic heterocycles. The second-order valence-electron chi connectivity index (χ2n) is 10.3. The third-order valence-electron chi connectivity index (χ3n) is 7.77. The second kappa shape index (κ2) is 15.0. The van der Waals surface area contributed by atoms with E-state index in [0.717, 1.165) is 42.7 Å². The van der Waals surface area contributed by atoms with Crippen molar-refractivity contribution < 1.29 is 24.9 Å². The summed E-state index contributed by atoms with van der Waals surface area (Å²) in [4.78, 5) is 11.5. The van der Waals surface area contributed by atoms with Crippen LogP contribution in [0.5, 0.6) is 0 Å². The number of benzene rings is 1. The van der Waals surface area contributed by atoms with Crippen LogP contribution >= 0.6 is 11.6 Å². The number of aliphatic hydroxyl groups is 3. The molecule has 0 heterocycles. The molecule has 2 aliphatic carbocycles. The van der Waals surface area contributed by atoms with E-state index in [0.29, 0.717) is 19.3 Å². The number of carbonyl (C=O) groups excluding carboxylic acids is 1. The zero-order valence-electron chi connectivity index (χ0n) is 20.9. The van der Waals surface area contributed by atoms with Crippen LogP contribution in [0.3, 0.4) is 0 Å². The molecular weight excluding hydrogens is 464 g/mol. The minimum absolute atomic E-state index is 0.0240. The van der Waals surface area contributed by atoms with Crippen molar-refractivity contribution in [1.29, 1.82) is 0 Å². The Kier molecular flexibility index (Phi) is 12.1. The summed E-state index contributed by atoms with van der Waals surface area (Å²) in [5.74, 6) is 0.596. The van der Waals surface area contributed by atoms with Gasteiger partial charge in [0, 0.05) is 17.7 Å². The quantitative estimate of drug-likeness (QED) is 0.136. The van der Waals surface area contributed by atoms with Crippen molar-refractivity contribution in [3.63, 3.8) is 0 Å². The fourth-order valence-corrected chi connectivity index (χ4v) is 6.21. The number of allylic oxidation sites excluding steroid dienone is 2. The van der Waals surface area contributed by atoms with Crippen molar-refractivity contribution in [3.8, 4) is 0 Å². The van der Waals surface area contributed by atoms with E-state index in [1.807, 2.05) is 12.1 Å². The summed E-state index contributed by atoms with van der Waals surface area (Å²) in [5, 5.41) is 30.0. The minimum Gasteiger partial charge on any atom is -0.463 e. The Morgan fingerprint density at radius 2 is 1.89 bits per heavy atom. The smallest absolute Gasteiger partial charge is 0.305 e. The minimum atomic E-state index is -0.473. The molecule has 2 aliphatic rings. The van der Waals surface area contributed by atoms with E-state index in [2.05, 4.69) is 24.3 Å². The van der Waals surface area contributed by atoms with E-state index in [9.17, 15) is 15.0 Å². The molecule has 0 bridgehead atoms. The molecule has 35 heavy (non-hydrogen) atoms. The molecule has 1 unspecified atom stereocenters. The molecule has 6 heteroatoms. The van der Waals surface area contributed by atoms with Crippen LogP contribution in [0.2, 0.25) is 0 Å². The fourth-order valence-electron chi connectivity index (χ4n) is 5.77. The first-order valence-electron chi connectivity index (χ1n) is 13.5. The number of carbonyl (C=O) groups is 1. The second-order valence-corrected chi connectivity index (χ2v) is 10.9. The van der Waals surface area contributed by atoms with Gasteiger partial charge in [-0.25, -0.2) is 0 Å². The first-order chi connectivity index (χ1) is 17.0. The van der Waals surface area contributed by atoms with Crippen LogP contribution in [-0.4, -0.2) is 46.0 Å². The topological polar surface area (TPSA) is 87.0 Å². The molecule has 0 saturated heterocycles. The number of hydrogen-bond donors (Lipinski definition) is 3. The average Bonchev–Trinajstić information content (AvgIpc) is 3.16. The molecule has 0 spiro atoms. The number of esters is 1. The molecule has 196 valence electrons. The Hall–Kier alpha value is -1.40. The molecule has 3 N–H and O–H groups in total. The number of rotatable bonds is 13. The highest BCUT2D eigenvalue weighted by Gasteiger charge is 2.41. The molecule has 0 aliphatic heterocycles. The van der Waals surface area contributed by atoms with Crippen molar-refractivity contribution in [2.24, 2.45) is 11.8 Å². The summed E-state index contributed by atoms with van der Waals surface area (Å²) < 4.78 is 4.86. The Balaban J connectivity index is 1.48. The summed E-state index contributed by atoms with van der Waals surface area (Å²) in [6.07, 6.45) is 15.0. The Morgan fingerprint density at radius 1 is 1.14 bits per heavy atom. The Morgan fingerprint density at radius 3 is 2.60 bits per heavy atom. The summed E-state index contributed by atoms with van der Waals surface area (Å²) in [6, 6.07) is 8.13. The van der Waals surface area contributed by atoms with Gasteiger partial charge in [-0.05, 0) is 61.5 Å². The monoisotopic (exact) mass is 506 g/mol. The maximum Gasteiger partial charge on any atom is 0.305 e. The van der Waals surface area contributed by atoms with E-state index in [1.165, 1.54) is 32.1 Å². The highest BCUT2D eigenvalue weighted by molar-refractivity contribution is 6.21. The van der Waals surface area contributed by atoms with Crippen LogP contribution in [0.15, 0.2) is 36.4 Å². The summed E-state index contributed by atoms with van der Waals surface area (Å²) >= 11 is 6.63. The highest BCUT2D eigenvalue weighted by Crippen LogP contribution is 2.45. The van der Waals surface area contributed by atoms with E-state index in [-0.39, 0.29) is 36.4 Å². The van der Waals surface area contributed by atoms with Gasteiger partial charge in [0.2, 0.25) is 0 Å². The van der Waals surface area contributed by atoms with Gasteiger partial charge in [0.05, 0.1) is 18.8 Å². The van der Waals surface area contributed by atoms with Gasteiger partial charge in [0.1, 0.15) is 6.61 Å². The highest BCUT2D eigenvalue weighted by atomic mass is 35.5. The van der Waals surface area contributed by atoms with Crippen molar-refractivity contribution in [2.45, 2.75) is 101 Å². The number of alkyl halides is 1. The Labute approximate surface area is 215 Å². The van der Waals surface area contributed by atoms with Crippen molar-refractivity contribution in [3.05, 3.63) is 47.5 Å². The molecular formula is C29H43ClO5. The third-order valence-corrected chi connectivity index (χ3v) is 8.27. The zero-order chi connectivity index (χ0) is 25.0. The normalized spacial score (nSPS) is 26.3. The van der Waals surface area contributed by atoms with E-state index in [4.69, 9.17) is 21.4 Å². The lowest BCUT2D eigenvalue weighted by Crippen LogP contribution is -2.18. The maximum absolute atomic E-state index is 11.5. The number of halogens is 1. The SMILES string of the molecule is O=C(CCCC=CC[C@@H]1[C@@H](c2ccc(C(O)CCC3CCCCC3)cc2)[C@H](O)C[C@H]1Cl)OCCO. The van der Waals surface area contributed by atoms with Crippen molar-refractivity contribution in [2.75, 3.05) is 13.2 Å². The summed E-state index contributed by atoms with van der Waals surface area (Å²) in [6.45, 7) is -0.0963. The number of aliphatic hydroxyl groups excluding tert-OH is 3. The van der Waals surface area contributed by atoms with Crippen LogP contribution in [0, 0.1) is 11.8 Å². The first-order valence-corrected chi connectivity index (χ1v) is 13.9. The number of ether oxygens (including phenoxy) is 1. The van der Waals surface area contributed by atoms with Gasteiger partial charge in [0.15, 0.2) is 0 Å². The van der Waals surface area contributed by atoms with Crippen molar-refractivity contribution >= 4 is 17.6 Å². The predicted octanol–water partition coefficient (Wildman–Crippen LogP) is 5.80. The summed E-state index contributed by atoms with van der Waals surface area (Å²) in [7, 11) is 0. The lowest BCUT2D eigenvalue weighted by Gasteiger charge is -2.24. The summed E-state index contributed by atoms with van der Waals surface area (Å²) in [5.41, 5.74) is 2.03. The van der Waals surface area contributed by atoms with Crippen molar-refractivity contribution in [1.82, 2.24) is 0 Å². The predicted molar refractivity (Wildman–Crippen MR) is 139 cm³/mol. The molecule has 3 rings (SSSR count). The van der Waals surface area contributed by atoms with Crippen LogP contribution in [-0.2, 0) is 9.53 Å². The van der Waals surface area contributed by atoms with Gasteiger partial charge in [-0.2, -0.15) is 0 Å². The number of unbranched alkanes of at least 4 members (excludes halogenated alkanes) is 1. The van der Waals surface area contributed by atoms with Gasteiger partial charge in [0.25, 0.3) is 0 Å². The van der Waals surface area contributed by atoms with E-state index in [1.54, 1.807) is 0 Å². The van der Waals surface area contributed by atoms with Crippen LogP contribution in [0.25, 0.3) is 0 Å². The molecule has 2 saturated carbocycles. The van der Waals surface area contributed by atoms with Crippen LogP contribution < -0.4 is 0 Å². The Bertz CT molecular complexity index is 774. The largest absolute Gasteiger partial charge is 0.463 e. The van der Waals surface area contributed by atoms with Crippen LogP contribution in [0.1, 0.15) is 100 Å². The molecule has 5 atom stereocenters. The maximum atomic E-state index is 11.5. The van der Waals surface area contributed by atoms with Crippen LogP contribution in [0.4, 0.5) is 0 Å². The van der Waals surface area contributed by atoms with Gasteiger partial charge < -0.3 is 20.1 Å². The molecule has 2 fully saturated rings. The fraction of sp³-hybridized carbons (Fsp3) is 0.690. The van der Waals surface area contributed by atoms with Gasteiger partial charge >= 0.3 is 5.97 Å². The standard InChI is InChI=1S/C29H43ClO5/c30-25-20-27(33)29(24(25)10-6-1-2-7-11-28(34)35-19-18-31)23-15-13-22(14-16-23)26(32)17-12-21-8-4-3-5-9-21/h1,6,13-16,21,24-27,29,31-33H,2-5,7-12,17-20H2/t24-,25+,26?,27+,29+/m0/s1. The van der Waals surface area contributed by atoms with E-state index < -0.39 is 12.2 Å².